The molecule has 4 atom stereocenters. The van der Waals surface area contributed by atoms with Gasteiger partial charge in [0.1, 0.15) is 12.4 Å². The smallest absolute Gasteiger partial charge is 0.251 e. The van der Waals surface area contributed by atoms with Gasteiger partial charge < -0.3 is 15.2 Å². The first kappa shape index (κ1) is 15.1. The van der Waals surface area contributed by atoms with Crippen LogP contribution in [0.1, 0.15) is 29.6 Å². The first-order valence-corrected chi connectivity index (χ1v) is 7.98. The molecule has 2 bridgehead atoms. The van der Waals surface area contributed by atoms with Crippen LogP contribution in [-0.2, 0) is 0 Å². The Labute approximate surface area is 131 Å². The number of amides is 1. The maximum absolute atomic E-state index is 12.4. The SMILES string of the molecule is C=CCOc1ccc(C(=O)NC2C3CCC(C3)C2CO)cc1. The molecular formula is C18H23NO3. The van der Waals surface area contributed by atoms with Crippen molar-refractivity contribution in [2.75, 3.05) is 13.2 Å². The molecule has 1 aromatic carbocycles. The number of benzene rings is 1. The van der Waals surface area contributed by atoms with Crippen molar-refractivity contribution in [3.05, 3.63) is 42.5 Å². The maximum Gasteiger partial charge on any atom is 0.251 e. The van der Waals surface area contributed by atoms with Gasteiger partial charge in [-0.2, -0.15) is 0 Å². The van der Waals surface area contributed by atoms with Crippen molar-refractivity contribution in [1.29, 1.82) is 0 Å². The zero-order chi connectivity index (χ0) is 15.5. The van der Waals surface area contributed by atoms with E-state index in [4.69, 9.17) is 4.74 Å². The molecular weight excluding hydrogens is 278 g/mol. The van der Waals surface area contributed by atoms with Crippen molar-refractivity contribution in [2.24, 2.45) is 17.8 Å². The summed E-state index contributed by atoms with van der Waals surface area (Å²) in [7, 11) is 0. The average Bonchev–Trinajstić information content (AvgIpc) is 3.14. The van der Waals surface area contributed by atoms with E-state index in [1.165, 1.54) is 12.8 Å². The monoisotopic (exact) mass is 301 g/mol. The molecule has 0 heterocycles. The minimum absolute atomic E-state index is 0.0636. The lowest BCUT2D eigenvalue weighted by atomic mass is 9.85. The lowest BCUT2D eigenvalue weighted by molar-refractivity contribution is 0.0861. The predicted molar refractivity (Wildman–Crippen MR) is 84.8 cm³/mol. The van der Waals surface area contributed by atoms with Crippen LogP contribution >= 0.6 is 0 Å². The molecule has 22 heavy (non-hydrogen) atoms. The average molecular weight is 301 g/mol. The second kappa shape index (κ2) is 6.53. The number of hydrogen-bond donors (Lipinski definition) is 2. The van der Waals surface area contributed by atoms with E-state index >= 15 is 0 Å². The number of carbonyl (C=O) groups is 1. The van der Waals surface area contributed by atoms with Crippen molar-refractivity contribution >= 4 is 5.91 Å². The summed E-state index contributed by atoms with van der Waals surface area (Å²) in [4.78, 5) is 12.4. The quantitative estimate of drug-likeness (QED) is 0.793. The van der Waals surface area contributed by atoms with Crippen LogP contribution in [0.5, 0.6) is 5.75 Å². The second-order valence-electron chi connectivity index (χ2n) is 6.30. The first-order valence-electron chi connectivity index (χ1n) is 7.98. The van der Waals surface area contributed by atoms with Gasteiger partial charge >= 0.3 is 0 Å². The summed E-state index contributed by atoms with van der Waals surface area (Å²) in [6, 6.07) is 7.25. The molecule has 4 nitrogen and oxygen atoms in total. The van der Waals surface area contributed by atoms with Crippen molar-refractivity contribution in [2.45, 2.75) is 25.3 Å². The highest BCUT2D eigenvalue weighted by Crippen LogP contribution is 2.48. The van der Waals surface area contributed by atoms with Gasteiger partial charge in [0.05, 0.1) is 0 Å². The van der Waals surface area contributed by atoms with Gasteiger partial charge in [0.2, 0.25) is 0 Å². The Morgan fingerprint density at radius 1 is 1.32 bits per heavy atom. The Balaban J connectivity index is 1.63. The van der Waals surface area contributed by atoms with Crippen molar-refractivity contribution in [3.8, 4) is 5.75 Å². The molecule has 1 amide bonds. The van der Waals surface area contributed by atoms with E-state index in [2.05, 4.69) is 11.9 Å². The Morgan fingerprint density at radius 2 is 2.05 bits per heavy atom. The van der Waals surface area contributed by atoms with Gasteiger partial charge in [-0.1, -0.05) is 12.7 Å². The van der Waals surface area contributed by atoms with E-state index in [1.54, 1.807) is 30.3 Å². The van der Waals surface area contributed by atoms with Crippen LogP contribution in [-0.4, -0.2) is 30.3 Å². The molecule has 2 fully saturated rings. The molecule has 4 unspecified atom stereocenters. The normalized spacial score (nSPS) is 29.3. The molecule has 118 valence electrons. The van der Waals surface area contributed by atoms with Crippen molar-refractivity contribution in [3.63, 3.8) is 0 Å². The van der Waals surface area contributed by atoms with Crippen LogP contribution < -0.4 is 10.1 Å². The Morgan fingerprint density at radius 3 is 2.73 bits per heavy atom. The summed E-state index contributed by atoms with van der Waals surface area (Å²) in [5.74, 6) is 1.99. The molecule has 2 aliphatic rings. The van der Waals surface area contributed by atoms with Gasteiger partial charge in [0.25, 0.3) is 5.91 Å². The number of fused-ring (bicyclic) bond motifs is 2. The molecule has 4 heteroatoms. The first-order chi connectivity index (χ1) is 10.7. The highest BCUT2D eigenvalue weighted by Gasteiger charge is 2.47. The molecule has 0 aliphatic heterocycles. The third kappa shape index (κ3) is 2.88. The van der Waals surface area contributed by atoms with E-state index in [1.807, 2.05) is 0 Å². The predicted octanol–water partition coefficient (Wildman–Crippen LogP) is 2.39. The summed E-state index contributed by atoms with van der Waals surface area (Å²) >= 11 is 0. The lowest BCUT2D eigenvalue weighted by Gasteiger charge is -2.30. The number of nitrogens with one attached hydrogen (secondary N) is 1. The molecule has 2 N–H and O–H groups in total. The topological polar surface area (TPSA) is 58.6 Å². The van der Waals surface area contributed by atoms with E-state index in [-0.39, 0.29) is 24.5 Å². The zero-order valence-corrected chi connectivity index (χ0v) is 12.7. The molecule has 2 aliphatic carbocycles. The van der Waals surface area contributed by atoms with E-state index < -0.39 is 0 Å². The zero-order valence-electron chi connectivity index (χ0n) is 12.7. The summed E-state index contributed by atoms with van der Waals surface area (Å²) in [5.41, 5.74) is 0.630. The third-order valence-electron chi connectivity index (χ3n) is 5.08. The van der Waals surface area contributed by atoms with Crippen LogP contribution in [0.25, 0.3) is 0 Å². The fourth-order valence-corrected chi connectivity index (χ4v) is 3.99. The van der Waals surface area contributed by atoms with Crippen molar-refractivity contribution < 1.29 is 14.6 Å². The summed E-state index contributed by atoms with van der Waals surface area (Å²) in [6.45, 7) is 4.22. The second-order valence-corrected chi connectivity index (χ2v) is 6.30. The van der Waals surface area contributed by atoms with Crippen LogP contribution in [0.2, 0.25) is 0 Å². The van der Waals surface area contributed by atoms with Crippen molar-refractivity contribution in [1.82, 2.24) is 5.32 Å². The minimum atomic E-state index is -0.0636. The Kier molecular flexibility index (Phi) is 4.48. The number of hydrogen-bond acceptors (Lipinski definition) is 3. The van der Waals surface area contributed by atoms with Crippen LogP contribution in [0, 0.1) is 17.8 Å². The Bertz CT molecular complexity index is 540. The lowest BCUT2D eigenvalue weighted by Crippen LogP contribution is -2.45. The van der Waals surface area contributed by atoms with Gasteiger partial charge in [-0.05, 0) is 55.4 Å². The molecule has 0 saturated heterocycles. The van der Waals surface area contributed by atoms with Gasteiger partial charge in [-0.15, -0.1) is 0 Å². The van der Waals surface area contributed by atoms with Crippen LogP contribution in [0.4, 0.5) is 0 Å². The third-order valence-corrected chi connectivity index (χ3v) is 5.08. The van der Waals surface area contributed by atoms with Gasteiger partial charge in [-0.25, -0.2) is 0 Å². The number of rotatable bonds is 6. The van der Waals surface area contributed by atoms with Gasteiger partial charge in [0, 0.05) is 24.1 Å². The number of aliphatic hydroxyl groups is 1. The molecule has 0 aromatic heterocycles. The van der Waals surface area contributed by atoms with E-state index in [0.717, 1.165) is 12.2 Å². The highest BCUT2D eigenvalue weighted by atomic mass is 16.5. The highest BCUT2D eigenvalue weighted by molar-refractivity contribution is 5.94. The Hall–Kier alpha value is -1.81. The van der Waals surface area contributed by atoms with E-state index in [9.17, 15) is 9.90 Å². The van der Waals surface area contributed by atoms with Crippen LogP contribution in [0.15, 0.2) is 36.9 Å². The van der Waals surface area contributed by atoms with Gasteiger partial charge in [0.15, 0.2) is 0 Å². The fourth-order valence-electron chi connectivity index (χ4n) is 3.99. The molecule has 2 saturated carbocycles. The molecule has 0 radical (unpaired) electrons. The summed E-state index contributed by atoms with van der Waals surface area (Å²) < 4.78 is 5.42. The van der Waals surface area contributed by atoms with E-state index in [0.29, 0.717) is 24.0 Å². The molecule has 1 aromatic rings. The largest absolute Gasteiger partial charge is 0.490 e. The fraction of sp³-hybridized carbons (Fsp3) is 0.500. The number of carbonyl (C=O) groups excluding carboxylic acids is 1. The minimum Gasteiger partial charge on any atom is -0.490 e. The maximum atomic E-state index is 12.4. The molecule has 0 spiro atoms. The number of ether oxygens (including phenoxy) is 1. The standard InChI is InChI=1S/C18H23NO3/c1-2-9-22-15-7-5-12(6-8-15)18(21)19-17-14-4-3-13(10-14)16(17)11-20/h2,5-8,13-14,16-17,20H,1,3-4,9-11H2,(H,19,21). The summed E-state index contributed by atoms with van der Waals surface area (Å²) in [6.07, 6.45) is 5.19. The molecule has 3 rings (SSSR count). The number of aliphatic hydroxyl groups excluding tert-OH is 1. The van der Waals surface area contributed by atoms with Crippen LogP contribution in [0.3, 0.4) is 0 Å². The summed E-state index contributed by atoms with van der Waals surface area (Å²) in [5, 5.41) is 12.7. The van der Waals surface area contributed by atoms with Gasteiger partial charge in [-0.3, -0.25) is 4.79 Å².